The number of nitrogens with one attached hydrogen (secondary N) is 1. The summed E-state index contributed by atoms with van der Waals surface area (Å²) >= 11 is 0. The van der Waals surface area contributed by atoms with Crippen molar-refractivity contribution < 1.29 is 19.1 Å². The highest BCUT2D eigenvalue weighted by Crippen LogP contribution is 2.17. The number of hydrogen-bond acceptors (Lipinski definition) is 5. The molecule has 0 unspecified atom stereocenters. The van der Waals surface area contributed by atoms with E-state index in [1.165, 1.54) is 5.56 Å². The van der Waals surface area contributed by atoms with Crippen LogP contribution < -0.4 is 10.1 Å². The monoisotopic (exact) mass is 366 g/mol. The topological polar surface area (TPSA) is 88.4 Å². The molecule has 6 nitrogen and oxygen atoms in total. The Bertz CT molecular complexity index is 871. The Labute approximate surface area is 158 Å². The van der Waals surface area contributed by atoms with E-state index in [9.17, 15) is 9.59 Å². The lowest BCUT2D eigenvalue weighted by atomic mass is 10.0. The van der Waals surface area contributed by atoms with Gasteiger partial charge in [-0.1, -0.05) is 30.3 Å². The van der Waals surface area contributed by atoms with Gasteiger partial charge in [-0.05, 0) is 49.6 Å². The van der Waals surface area contributed by atoms with Crippen LogP contribution in [0.15, 0.2) is 42.5 Å². The third-order valence-corrected chi connectivity index (χ3v) is 4.13. The number of para-hydroxylation sites is 1. The van der Waals surface area contributed by atoms with Gasteiger partial charge in [0.05, 0.1) is 11.6 Å². The quantitative estimate of drug-likeness (QED) is 0.761. The minimum Gasteiger partial charge on any atom is -0.481 e. The van der Waals surface area contributed by atoms with Gasteiger partial charge in [0.15, 0.2) is 13.2 Å². The third kappa shape index (κ3) is 5.86. The number of hydrogen-bond donors (Lipinski definition) is 1. The number of carbonyl (C=O) groups excluding carboxylic acids is 2. The molecule has 0 aliphatic heterocycles. The molecule has 2 aromatic rings. The summed E-state index contributed by atoms with van der Waals surface area (Å²) in [7, 11) is 0. The molecule has 1 atom stereocenters. The molecule has 0 spiro atoms. The molecule has 6 heteroatoms. The summed E-state index contributed by atoms with van der Waals surface area (Å²) in [6.07, 6.45) is 0. The maximum absolute atomic E-state index is 12.0. The molecule has 0 aromatic heterocycles. The average Bonchev–Trinajstić information content (AvgIpc) is 2.66. The number of benzene rings is 2. The van der Waals surface area contributed by atoms with Crippen LogP contribution in [-0.4, -0.2) is 25.1 Å². The molecule has 2 aromatic carbocycles. The van der Waals surface area contributed by atoms with Gasteiger partial charge in [-0.3, -0.25) is 4.79 Å². The van der Waals surface area contributed by atoms with Crippen molar-refractivity contribution in [1.82, 2.24) is 5.32 Å². The molecule has 0 heterocycles. The van der Waals surface area contributed by atoms with Crippen LogP contribution in [0.4, 0.5) is 0 Å². The molecule has 0 aliphatic carbocycles. The number of nitrogens with zero attached hydrogens (tertiary/aromatic N) is 1. The molecule has 0 bridgehead atoms. The van der Waals surface area contributed by atoms with Crippen molar-refractivity contribution in [1.29, 1.82) is 5.26 Å². The lowest BCUT2D eigenvalue weighted by Crippen LogP contribution is -2.32. The van der Waals surface area contributed by atoms with Gasteiger partial charge >= 0.3 is 5.97 Å². The number of carbonyl (C=O) groups is 2. The van der Waals surface area contributed by atoms with E-state index in [-0.39, 0.29) is 12.6 Å². The first-order valence-electron chi connectivity index (χ1n) is 8.54. The zero-order valence-electron chi connectivity index (χ0n) is 15.6. The van der Waals surface area contributed by atoms with Crippen molar-refractivity contribution in [3.8, 4) is 11.8 Å². The summed E-state index contributed by atoms with van der Waals surface area (Å²) in [6, 6.07) is 14.3. The smallest absolute Gasteiger partial charge is 0.344 e. The fourth-order valence-corrected chi connectivity index (χ4v) is 2.41. The standard InChI is InChI=1S/C21H22N2O4/c1-14-8-9-17(10-15(14)2)16(3)23-20(24)12-27-21(25)13-26-19-7-5-4-6-18(19)11-22/h4-10,16H,12-13H2,1-3H3,(H,23,24)/t16-/m0/s1. The van der Waals surface area contributed by atoms with Crippen LogP contribution in [0, 0.1) is 25.2 Å². The first-order valence-corrected chi connectivity index (χ1v) is 8.54. The van der Waals surface area contributed by atoms with Gasteiger partial charge < -0.3 is 14.8 Å². The largest absolute Gasteiger partial charge is 0.481 e. The molecular weight excluding hydrogens is 344 g/mol. The highest BCUT2D eigenvalue weighted by molar-refractivity contribution is 5.81. The van der Waals surface area contributed by atoms with Crippen LogP contribution in [0.25, 0.3) is 0 Å². The number of aryl methyl sites for hydroxylation is 2. The third-order valence-electron chi connectivity index (χ3n) is 4.13. The van der Waals surface area contributed by atoms with Crippen LogP contribution in [0.5, 0.6) is 5.75 Å². The van der Waals surface area contributed by atoms with Gasteiger partial charge in [0.2, 0.25) is 0 Å². The summed E-state index contributed by atoms with van der Waals surface area (Å²) in [4.78, 5) is 23.7. The van der Waals surface area contributed by atoms with E-state index in [0.29, 0.717) is 11.3 Å². The predicted octanol–water partition coefficient (Wildman–Crippen LogP) is 2.97. The summed E-state index contributed by atoms with van der Waals surface area (Å²) in [5.74, 6) is -0.784. The van der Waals surface area contributed by atoms with Crippen molar-refractivity contribution in [3.05, 3.63) is 64.7 Å². The molecule has 0 radical (unpaired) electrons. The summed E-state index contributed by atoms with van der Waals surface area (Å²) < 4.78 is 10.2. The van der Waals surface area contributed by atoms with Gasteiger partial charge in [-0.25, -0.2) is 4.79 Å². The summed E-state index contributed by atoms with van der Waals surface area (Å²) in [6.45, 7) is 5.14. The van der Waals surface area contributed by atoms with Gasteiger partial charge in [0.1, 0.15) is 11.8 Å². The minimum absolute atomic E-state index is 0.200. The number of nitriles is 1. The molecule has 0 fully saturated rings. The lowest BCUT2D eigenvalue weighted by Gasteiger charge is -2.16. The van der Waals surface area contributed by atoms with E-state index in [1.807, 2.05) is 45.0 Å². The molecule has 27 heavy (non-hydrogen) atoms. The van der Waals surface area contributed by atoms with Gasteiger partial charge in [0, 0.05) is 0 Å². The van der Waals surface area contributed by atoms with Crippen LogP contribution in [0.3, 0.4) is 0 Å². The van der Waals surface area contributed by atoms with E-state index in [4.69, 9.17) is 14.7 Å². The number of esters is 1. The summed E-state index contributed by atoms with van der Waals surface area (Å²) in [5.41, 5.74) is 3.64. The zero-order chi connectivity index (χ0) is 19.8. The summed E-state index contributed by atoms with van der Waals surface area (Å²) in [5, 5.41) is 11.8. The van der Waals surface area contributed by atoms with E-state index < -0.39 is 18.5 Å². The molecule has 0 saturated heterocycles. The fraction of sp³-hybridized carbons (Fsp3) is 0.286. The van der Waals surface area contributed by atoms with Crippen molar-refractivity contribution in [2.45, 2.75) is 26.8 Å². The maximum atomic E-state index is 12.0. The average molecular weight is 366 g/mol. The Morgan fingerprint density at radius 3 is 2.56 bits per heavy atom. The van der Waals surface area contributed by atoms with Crippen molar-refractivity contribution in [2.24, 2.45) is 0 Å². The van der Waals surface area contributed by atoms with Gasteiger partial charge in [-0.2, -0.15) is 5.26 Å². The Morgan fingerprint density at radius 1 is 1.11 bits per heavy atom. The first-order chi connectivity index (χ1) is 12.9. The number of amides is 1. The highest BCUT2D eigenvalue weighted by atomic mass is 16.6. The van der Waals surface area contributed by atoms with E-state index >= 15 is 0 Å². The van der Waals surface area contributed by atoms with Crippen molar-refractivity contribution >= 4 is 11.9 Å². The highest BCUT2D eigenvalue weighted by Gasteiger charge is 2.13. The predicted molar refractivity (Wildman–Crippen MR) is 100 cm³/mol. The van der Waals surface area contributed by atoms with E-state index in [0.717, 1.165) is 11.1 Å². The van der Waals surface area contributed by atoms with Gasteiger partial charge in [0.25, 0.3) is 5.91 Å². The number of ether oxygens (including phenoxy) is 2. The number of rotatable bonds is 7. The second kappa shape index (κ2) is 9.39. The van der Waals surface area contributed by atoms with Crippen LogP contribution >= 0.6 is 0 Å². The van der Waals surface area contributed by atoms with E-state index in [1.54, 1.807) is 24.3 Å². The first kappa shape index (κ1) is 20.0. The van der Waals surface area contributed by atoms with Crippen LogP contribution in [-0.2, 0) is 14.3 Å². The van der Waals surface area contributed by atoms with Crippen LogP contribution in [0.1, 0.15) is 35.2 Å². The SMILES string of the molecule is Cc1ccc([C@H](C)NC(=O)COC(=O)COc2ccccc2C#N)cc1C. The van der Waals surface area contributed by atoms with Crippen LogP contribution in [0.2, 0.25) is 0 Å². The molecule has 1 amide bonds. The van der Waals surface area contributed by atoms with Crippen molar-refractivity contribution in [3.63, 3.8) is 0 Å². The lowest BCUT2D eigenvalue weighted by molar-refractivity contribution is -0.150. The second-order valence-corrected chi connectivity index (χ2v) is 6.19. The molecule has 0 saturated carbocycles. The maximum Gasteiger partial charge on any atom is 0.344 e. The molecule has 140 valence electrons. The van der Waals surface area contributed by atoms with Crippen molar-refractivity contribution in [2.75, 3.05) is 13.2 Å². The van der Waals surface area contributed by atoms with E-state index in [2.05, 4.69) is 5.32 Å². The minimum atomic E-state index is -0.684. The Morgan fingerprint density at radius 2 is 1.85 bits per heavy atom. The molecule has 2 rings (SSSR count). The normalized spacial score (nSPS) is 11.2. The molecule has 0 aliphatic rings. The molecular formula is C21H22N2O4. The second-order valence-electron chi connectivity index (χ2n) is 6.19. The van der Waals surface area contributed by atoms with Gasteiger partial charge in [-0.15, -0.1) is 0 Å². The Balaban J connectivity index is 1.78. The Hall–Kier alpha value is -3.33. The Kier molecular flexibility index (Phi) is 6.95. The fourth-order valence-electron chi connectivity index (χ4n) is 2.41. The molecule has 1 N–H and O–H groups in total. The zero-order valence-corrected chi connectivity index (χ0v) is 15.6.